The zero-order valence-corrected chi connectivity index (χ0v) is 18.7. The van der Waals surface area contributed by atoms with Gasteiger partial charge in [0, 0.05) is 32.4 Å². The normalized spacial score (nSPS) is 14.2. The lowest BCUT2D eigenvalue weighted by molar-refractivity contribution is 0.0637. The summed E-state index contributed by atoms with van der Waals surface area (Å²) in [6, 6.07) is 10.7. The van der Waals surface area contributed by atoms with Gasteiger partial charge in [-0.2, -0.15) is 15.0 Å². The monoisotopic (exact) mass is 443 g/mol. The predicted octanol–water partition coefficient (Wildman–Crippen LogP) is 3.68. The molecule has 3 aromatic rings. The van der Waals surface area contributed by atoms with Crippen LogP contribution in [0.5, 0.6) is 0 Å². The van der Waals surface area contributed by atoms with Crippen LogP contribution in [0.15, 0.2) is 47.9 Å². The van der Waals surface area contributed by atoms with Crippen LogP contribution in [-0.4, -0.2) is 63.2 Å². The summed E-state index contributed by atoms with van der Waals surface area (Å²) in [4.78, 5) is 33.1. The Balaban J connectivity index is 1.55. The van der Waals surface area contributed by atoms with Gasteiger partial charge < -0.3 is 4.90 Å². The number of piperazine rings is 1. The number of hydrogen-bond donors (Lipinski definition) is 0. The second kappa shape index (κ2) is 9.71. The fraction of sp³-hybridized carbons (Fsp3) is 0.333. The minimum absolute atomic E-state index is 0.0479. The van der Waals surface area contributed by atoms with Gasteiger partial charge in [-0.05, 0) is 60.5 Å². The second-order valence-electron chi connectivity index (χ2n) is 8.07. The summed E-state index contributed by atoms with van der Waals surface area (Å²) in [5.74, 6) is 0.459. The Morgan fingerprint density at radius 3 is 2.52 bits per heavy atom. The van der Waals surface area contributed by atoms with Crippen LogP contribution in [0.2, 0.25) is 0 Å². The van der Waals surface area contributed by atoms with Crippen LogP contribution >= 0.6 is 0 Å². The van der Waals surface area contributed by atoms with E-state index in [1.54, 1.807) is 36.5 Å². The minimum Gasteiger partial charge on any atom is -0.336 e. The molecule has 0 aliphatic carbocycles. The van der Waals surface area contributed by atoms with Crippen LogP contribution in [0, 0.1) is 23.2 Å². The van der Waals surface area contributed by atoms with Crippen LogP contribution in [0.25, 0.3) is 16.9 Å². The molecule has 2 aromatic heterocycles. The first-order chi connectivity index (χ1) is 16.0. The first kappa shape index (κ1) is 22.3. The lowest BCUT2D eigenvalue weighted by Crippen LogP contribution is -2.48. The zero-order chi connectivity index (χ0) is 23.4. The van der Waals surface area contributed by atoms with Crippen molar-refractivity contribution in [3.05, 3.63) is 64.3 Å². The Hall–Kier alpha value is -3.90. The molecule has 1 fully saturated rings. The molecule has 4 rings (SSSR count). The zero-order valence-electron chi connectivity index (χ0n) is 18.7. The van der Waals surface area contributed by atoms with Crippen molar-refractivity contribution in [3.63, 3.8) is 0 Å². The summed E-state index contributed by atoms with van der Waals surface area (Å²) in [6.07, 6.45) is 4.18. The number of carbonyl (C=O) groups excluding carboxylic acids is 1. The Kier molecular flexibility index (Phi) is 6.56. The second-order valence-corrected chi connectivity index (χ2v) is 8.07. The molecule has 0 N–H and O–H groups in total. The fourth-order valence-corrected chi connectivity index (χ4v) is 4.13. The molecule has 1 amide bonds. The molecule has 0 unspecified atom stereocenters. The number of amides is 1. The number of rotatable bonds is 6. The van der Waals surface area contributed by atoms with Crippen LogP contribution in [0.3, 0.4) is 0 Å². The van der Waals surface area contributed by atoms with E-state index in [-0.39, 0.29) is 11.7 Å². The largest absolute Gasteiger partial charge is 0.336 e. The number of nitriles is 1. The van der Waals surface area contributed by atoms with E-state index in [0.717, 1.165) is 37.2 Å². The van der Waals surface area contributed by atoms with Crippen molar-refractivity contribution in [2.45, 2.75) is 20.3 Å². The van der Waals surface area contributed by atoms with E-state index >= 15 is 0 Å². The number of pyridine rings is 1. The maximum absolute atomic E-state index is 12.9. The molecule has 1 saturated heterocycles. The molecule has 1 aromatic carbocycles. The molecule has 0 atom stereocenters. The summed E-state index contributed by atoms with van der Waals surface area (Å²) < 4.78 is 1.36. The van der Waals surface area contributed by atoms with Gasteiger partial charge in [0.2, 0.25) is 5.82 Å². The predicted molar refractivity (Wildman–Crippen MR) is 124 cm³/mol. The Morgan fingerprint density at radius 2 is 1.91 bits per heavy atom. The summed E-state index contributed by atoms with van der Waals surface area (Å²) in [5.41, 5.74) is 3.20. The minimum atomic E-state index is -0.0479. The van der Waals surface area contributed by atoms with Crippen molar-refractivity contribution in [2.75, 3.05) is 32.7 Å². The smallest absolute Gasteiger partial charge is 0.255 e. The summed E-state index contributed by atoms with van der Waals surface area (Å²) in [5, 5.41) is 16.6. The average molecular weight is 444 g/mol. The molecule has 168 valence electrons. The van der Waals surface area contributed by atoms with Crippen LogP contribution in [0.4, 0.5) is 5.82 Å². The van der Waals surface area contributed by atoms with Gasteiger partial charge in [0.05, 0.1) is 29.0 Å². The molecular formula is C24H25N7O2. The van der Waals surface area contributed by atoms with E-state index in [1.165, 1.54) is 10.9 Å². The van der Waals surface area contributed by atoms with Crippen molar-refractivity contribution in [1.29, 1.82) is 5.26 Å². The molecule has 3 heterocycles. The van der Waals surface area contributed by atoms with E-state index in [2.05, 4.69) is 33.2 Å². The van der Waals surface area contributed by atoms with E-state index in [9.17, 15) is 9.70 Å². The van der Waals surface area contributed by atoms with E-state index in [0.29, 0.717) is 35.6 Å². The van der Waals surface area contributed by atoms with Gasteiger partial charge in [-0.25, -0.2) is 4.98 Å². The summed E-state index contributed by atoms with van der Waals surface area (Å²) in [6.45, 7) is 8.24. The molecule has 0 spiro atoms. The molecule has 0 radical (unpaired) electrons. The Bertz CT molecular complexity index is 1200. The topological polar surface area (TPSA) is 107 Å². The highest BCUT2D eigenvalue weighted by molar-refractivity contribution is 5.94. The highest BCUT2D eigenvalue weighted by Gasteiger charge is 2.23. The fourth-order valence-electron chi connectivity index (χ4n) is 4.13. The highest BCUT2D eigenvalue weighted by atomic mass is 16.3. The summed E-state index contributed by atoms with van der Waals surface area (Å²) >= 11 is 0. The highest BCUT2D eigenvalue weighted by Crippen LogP contribution is 2.34. The van der Waals surface area contributed by atoms with Gasteiger partial charge in [0.25, 0.3) is 5.91 Å². The molecule has 1 aliphatic heterocycles. The molecule has 0 bridgehead atoms. The number of aryl methyl sites for hydroxylation is 1. The Labute approximate surface area is 192 Å². The van der Waals surface area contributed by atoms with Crippen molar-refractivity contribution >= 4 is 11.7 Å². The lowest BCUT2D eigenvalue weighted by Gasteiger charge is -2.34. The van der Waals surface area contributed by atoms with Gasteiger partial charge in [0.15, 0.2) is 5.82 Å². The Morgan fingerprint density at radius 1 is 1.12 bits per heavy atom. The van der Waals surface area contributed by atoms with Gasteiger partial charge in [0.1, 0.15) is 0 Å². The number of benzene rings is 1. The van der Waals surface area contributed by atoms with E-state index < -0.39 is 0 Å². The third-order valence-electron chi connectivity index (χ3n) is 5.89. The van der Waals surface area contributed by atoms with Crippen molar-refractivity contribution in [3.8, 4) is 23.0 Å². The number of nitrogens with zero attached hydrogens (tertiary/aromatic N) is 7. The lowest BCUT2D eigenvalue weighted by atomic mass is 10.0. The number of aromatic nitrogens is 3. The standard InChI is InChI=1S/C24H25N7O2/c1-3-8-29-9-11-30(12-10-29)24(32)19-5-7-22(26-15-19)31-23(28-33)21(16-27-31)20-6-4-18(14-25)13-17(20)2/h4-7,13,15-16H,3,8-12H2,1-2H3. The number of hydrogen-bond acceptors (Lipinski definition) is 7. The maximum atomic E-state index is 12.9. The van der Waals surface area contributed by atoms with Crippen molar-refractivity contribution in [1.82, 2.24) is 24.6 Å². The van der Waals surface area contributed by atoms with Crippen molar-refractivity contribution in [2.24, 2.45) is 5.18 Å². The van der Waals surface area contributed by atoms with Gasteiger partial charge in [-0.15, -0.1) is 4.91 Å². The van der Waals surface area contributed by atoms with E-state index in [1.807, 2.05) is 11.8 Å². The average Bonchev–Trinajstić information content (AvgIpc) is 3.28. The number of carbonyl (C=O) groups is 1. The van der Waals surface area contributed by atoms with E-state index in [4.69, 9.17) is 5.26 Å². The van der Waals surface area contributed by atoms with Gasteiger partial charge in [-0.1, -0.05) is 13.0 Å². The van der Waals surface area contributed by atoms with Gasteiger partial charge in [-0.3, -0.25) is 9.69 Å². The molecular weight excluding hydrogens is 418 g/mol. The SMILES string of the molecule is CCCN1CCN(C(=O)c2ccc(-n3ncc(-c4ccc(C#N)cc4C)c3N=O)nc2)CC1. The molecule has 9 nitrogen and oxygen atoms in total. The molecule has 33 heavy (non-hydrogen) atoms. The number of nitroso groups, excluding NO2 is 1. The van der Waals surface area contributed by atoms with Crippen molar-refractivity contribution < 1.29 is 4.79 Å². The van der Waals surface area contributed by atoms with Crippen LogP contribution < -0.4 is 0 Å². The first-order valence-corrected chi connectivity index (χ1v) is 11.0. The summed E-state index contributed by atoms with van der Waals surface area (Å²) in [7, 11) is 0. The van der Waals surface area contributed by atoms with Crippen LogP contribution in [-0.2, 0) is 0 Å². The third kappa shape index (κ3) is 4.52. The first-order valence-electron chi connectivity index (χ1n) is 11.0. The van der Waals surface area contributed by atoms with Crippen LogP contribution in [0.1, 0.15) is 34.8 Å². The third-order valence-corrected chi connectivity index (χ3v) is 5.89. The molecule has 0 saturated carbocycles. The maximum Gasteiger partial charge on any atom is 0.255 e. The van der Waals surface area contributed by atoms with Gasteiger partial charge >= 0.3 is 0 Å². The molecule has 9 heteroatoms. The quantitative estimate of drug-likeness (QED) is 0.538. The molecule has 1 aliphatic rings.